The van der Waals surface area contributed by atoms with E-state index in [1.54, 1.807) is 32.8 Å². The molecule has 1 N–H and O–H groups in total. The lowest BCUT2D eigenvalue weighted by Crippen LogP contribution is -2.62. The van der Waals surface area contributed by atoms with Crippen LogP contribution in [0.4, 0.5) is 14.5 Å². The van der Waals surface area contributed by atoms with Crippen molar-refractivity contribution in [1.82, 2.24) is 10.2 Å². The van der Waals surface area contributed by atoms with Gasteiger partial charge in [0.15, 0.2) is 0 Å². The van der Waals surface area contributed by atoms with E-state index in [0.29, 0.717) is 25.2 Å². The fourth-order valence-corrected chi connectivity index (χ4v) is 2.79. The summed E-state index contributed by atoms with van der Waals surface area (Å²) in [6.45, 7) is 4.60. The topological polar surface area (TPSA) is 35.6 Å². The van der Waals surface area contributed by atoms with Crippen molar-refractivity contribution in [2.45, 2.75) is 25.9 Å². The summed E-state index contributed by atoms with van der Waals surface area (Å²) in [4.78, 5) is 15.4. The summed E-state index contributed by atoms with van der Waals surface area (Å²) in [5, 5.41) is 2.86. The van der Waals surface area contributed by atoms with Crippen LogP contribution in [0.2, 0.25) is 0 Å². The molecule has 1 aliphatic rings. The highest BCUT2D eigenvalue weighted by atomic mass is 19.1. The van der Waals surface area contributed by atoms with E-state index in [9.17, 15) is 13.6 Å². The number of carbonyl (C=O) groups is 1. The zero-order chi connectivity index (χ0) is 15.8. The van der Waals surface area contributed by atoms with Gasteiger partial charge in [-0.1, -0.05) is 0 Å². The zero-order valence-electron chi connectivity index (χ0n) is 12.8. The molecule has 4 nitrogen and oxygen atoms in total. The molecule has 0 unspecified atom stereocenters. The first kappa shape index (κ1) is 15.7. The van der Waals surface area contributed by atoms with Crippen LogP contribution < -0.4 is 10.2 Å². The van der Waals surface area contributed by atoms with Gasteiger partial charge in [0.25, 0.3) is 0 Å². The average Bonchev–Trinajstić information content (AvgIpc) is 2.39. The summed E-state index contributed by atoms with van der Waals surface area (Å²) in [5.74, 6) is -1.41. The first-order chi connectivity index (χ1) is 9.78. The van der Waals surface area contributed by atoms with Crippen LogP contribution in [0.25, 0.3) is 0 Å². The van der Waals surface area contributed by atoms with Crippen molar-refractivity contribution >= 4 is 11.6 Å². The van der Waals surface area contributed by atoms with Gasteiger partial charge in [-0.3, -0.25) is 4.79 Å². The smallest absolute Gasteiger partial charge is 0.247 e. The lowest BCUT2D eigenvalue weighted by atomic mass is 9.96. The molecule has 0 aliphatic carbocycles. The quantitative estimate of drug-likeness (QED) is 0.923. The molecule has 6 heteroatoms. The highest BCUT2D eigenvalue weighted by Gasteiger charge is 2.42. The number of hydrogen-bond acceptors (Lipinski definition) is 3. The summed E-state index contributed by atoms with van der Waals surface area (Å²) < 4.78 is 28.7. The molecule has 1 saturated heterocycles. The van der Waals surface area contributed by atoms with Crippen molar-refractivity contribution in [3.8, 4) is 0 Å². The number of likely N-dealkylation sites (N-methyl/N-ethyl adjacent to an activating group) is 1. The van der Waals surface area contributed by atoms with Gasteiger partial charge in [0, 0.05) is 26.7 Å². The average molecular weight is 297 g/mol. The van der Waals surface area contributed by atoms with E-state index < -0.39 is 17.2 Å². The molecule has 21 heavy (non-hydrogen) atoms. The van der Waals surface area contributed by atoms with E-state index in [0.717, 1.165) is 0 Å². The number of piperazine rings is 1. The number of nitrogens with zero attached hydrogens (tertiary/aromatic N) is 2. The second-order valence-corrected chi connectivity index (χ2v) is 5.88. The van der Waals surface area contributed by atoms with Crippen molar-refractivity contribution in [1.29, 1.82) is 0 Å². The van der Waals surface area contributed by atoms with Crippen molar-refractivity contribution in [2.75, 3.05) is 32.1 Å². The van der Waals surface area contributed by atoms with Crippen LogP contribution >= 0.6 is 0 Å². The van der Waals surface area contributed by atoms with Gasteiger partial charge in [0.05, 0.1) is 0 Å². The summed E-state index contributed by atoms with van der Waals surface area (Å²) >= 11 is 0. The second kappa shape index (κ2) is 5.60. The Morgan fingerprint density at radius 1 is 1.24 bits per heavy atom. The summed E-state index contributed by atoms with van der Waals surface area (Å²) in [7, 11) is 3.41. The molecule has 1 aromatic carbocycles. The Hall–Kier alpha value is -1.69. The molecule has 0 radical (unpaired) electrons. The van der Waals surface area contributed by atoms with Crippen LogP contribution in [0.3, 0.4) is 0 Å². The predicted octanol–water partition coefficient (Wildman–Crippen LogP) is 1.74. The maximum atomic E-state index is 14.4. The molecule has 1 heterocycles. The van der Waals surface area contributed by atoms with E-state index in [2.05, 4.69) is 5.32 Å². The number of nitrogens with one attached hydrogen (secondary N) is 1. The van der Waals surface area contributed by atoms with E-state index in [-0.39, 0.29) is 11.6 Å². The Labute approximate surface area is 123 Å². The summed E-state index contributed by atoms with van der Waals surface area (Å²) in [6, 6.07) is 2.63. The number of carbonyl (C=O) groups excluding carboxylic acids is 1. The third-order valence-electron chi connectivity index (χ3n) is 3.93. The van der Waals surface area contributed by atoms with Crippen molar-refractivity contribution < 1.29 is 13.6 Å². The standard InChI is InChI=1S/C15H21F2N3O/c1-15(2)14(21)19(4)5-6-20(15)13-11(16)7-10(9-18-3)8-12(13)17/h7-8,18H,5-6,9H2,1-4H3. The molecule has 0 spiro atoms. The lowest BCUT2D eigenvalue weighted by molar-refractivity contribution is -0.136. The molecule has 116 valence electrons. The van der Waals surface area contributed by atoms with Crippen LogP contribution in [-0.4, -0.2) is 43.5 Å². The number of hydrogen-bond donors (Lipinski definition) is 1. The minimum Gasteiger partial charge on any atom is -0.351 e. The van der Waals surface area contributed by atoms with E-state index in [1.807, 2.05) is 0 Å². The fourth-order valence-electron chi connectivity index (χ4n) is 2.79. The zero-order valence-corrected chi connectivity index (χ0v) is 12.8. The number of halogens is 2. The third kappa shape index (κ3) is 2.72. The van der Waals surface area contributed by atoms with Gasteiger partial charge < -0.3 is 15.1 Å². The lowest BCUT2D eigenvalue weighted by Gasteiger charge is -2.46. The Morgan fingerprint density at radius 2 is 1.81 bits per heavy atom. The van der Waals surface area contributed by atoms with Crippen molar-refractivity contribution in [2.24, 2.45) is 0 Å². The number of anilines is 1. The maximum Gasteiger partial charge on any atom is 0.247 e. The van der Waals surface area contributed by atoms with Crippen LogP contribution in [0.15, 0.2) is 12.1 Å². The molecule has 1 aromatic rings. The highest BCUT2D eigenvalue weighted by Crippen LogP contribution is 2.33. The molecule has 1 aliphatic heterocycles. The predicted molar refractivity (Wildman–Crippen MR) is 78.2 cm³/mol. The summed E-state index contributed by atoms with van der Waals surface area (Å²) in [6.07, 6.45) is 0. The highest BCUT2D eigenvalue weighted by molar-refractivity contribution is 5.90. The van der Waals surface area contributed by atoms with Gasteiger partial charge in [-0.25, -0.2) is 8.78 Å². The van der Waals surface area contributed by atoms with Crippen LogP contribution in [-0.2, 0) is 11.3 Å². The van der Waals surface area contributed by atoms with E-state index in [4.69, 9.17) is 0 Å². The monoisotopic (exact) mass is 297 g/mol. The summed E-state index contributed by atoms with van der Waals surface area (Å²) in [5.41, 5.74) is -0.560. The minimum atomic E-state index is -0.973. The Balaban J connectivity index is 2.44. The molecular formula is C15H21F2N3O. The molecule has 0 bridgehead atoms. The van der Waals surface area contributed by atoms with Gasteiger partial charge in [-0.15, -0.1) is 0 Å². The van der Waals surface area contributed by atoms with Crippen LogP contribution in [0.5, 0.6) is 0 Å². The molecular weight excluding hydrogens is 276 g/mol. The normalized spacial score (nSPS) is 18.3. The first-order valence-electron chi connectivity index (χ1n) is 6.94. The van der Waals surface area contributed by atoms with Gasteiger partial charge in [0.2, 0.25) is 5.91 Å². The maximum absolute atomic E-state index is 14.4. The molecule has 0 aromatic heterocycles. The molecule has 0 atom stereocenters. The van der Waals surface area contributed by atoms with Crippen LogP contribution in [0, 0.1) is 11.6 Å². The molecule has 2 rings (SSSR count). The van der Waals surface area contributed by atoms with Gasteiger partial charge in [-0.05, 0) is 38.6 Å². The number of amides is 1. The van der Waals surface area contributed by atoms with Crippen molar-refractivity contribution in [3.63, 3.8) is 0 Å². The number of rotatable bonds is 3. The number of benzene rings is 1. The van der Waals surface area contributed by atoms with Crippen molar-refractivity contribution in [3.05, 3.63) is 29.3 Å². The molecule has 0 saturated carbocycles. The fraction of sp³-hybridized carbons (Fsp3) is 0.533. The largest absolute Gasteiger partial charge is 0.351 e. The first-order valence-corrected chi connectivity index (χ1v) is 6.94. The van der Waals surface area contributed by atoms with Gasteiger partial charge >= 0.3 is 0 Å². The Bertz CT molecular complexity index is 537. The third-order valence-corrected chi connectivity index (χ3v) is 3.93. The van der Waals surface area contributed by atoms with Crippen LogP contribution in [0.1, 0.15) is 19.4 Å². The Morgan fingerprint density at radius 3 is 2.33 bits per heavy atom. The molecule has 1 fully saturated rings. The minimum absolute atomic E-state index is 0.124. The SMILES string of the molecule is CNCc1cc(F)c(N2CCN(C)C(=O)C2(C)C)c(F)c1. The Kier molecular flexibility index (Phi) is 4.18. The van der Waals surface area contributed by atoms with E-state index in [1.165, 1.54) is 17.0 Å². The van der Waals surface area contributed by atoms with Gasteiger partial charge in [-0.2, -0.15) is 0 Å². The second-order valence-electron chi connectivity index (χ2n) is 5.88. The molecule has 1 amide bonds. The van der Waals surface area contributed by atoms with Gasteiger partial charge in [0.1, 0.15) is 22.9 Å². The van der Waals surface area contributed by atoms with E-state index >= 15 is 0 Å².